The van der Waals surface area contributed by atoms with Crippen molar-refractivity contribution in [2.75, 3.05) is 13.1 Å². The summed E-state index contributed by atoms with van der Waals surface area (Å²) in [5, 5.41) is 5.42. The van der Waals surface area contributed by atoms with Crippen molar-refractivity contribution >= 4 is 10.9 Å². The molecule has 0 radical (unpaired) electrons. The van der Waals surface area contributed by atoms with Crippen LogP contribution >= 0.6 is 0 Å². The molecule has 1 aliphatic heterocycles. The predicted octanol–water partition coefficient (Wildman–Crippen LogP) is 4.58. The van der Waals surface area contributed by atoms with Crippen LogP contribution in [0.25, 0.3) is 22.3 Å². The van der Waals surface area contributed by atoms with Gasteiger partial charge in [0.1, 0.15) is 0 Å². The van der Waals surface area contributed by atoms with E-state index in [2.05, 4.69) is 52.3 Å². The van der Waals surface area contributed by atoms with Crippen LogP contribution in [0.3, 0.4) is 0 Å². The minimum atomic E-state index is 0.285. The molecule has 0 N–H and O–H groups in total. The molecule has 28 heavy (non-hydrogen) atoms. The average molecular weight is 370 g/mol. The Hall–Kier alpha value is -3.05. The number of benzene rings is 2. The van der Waals surface area contributed by atoms with Gasteiger partial charge in [0.2, 0.25) is 11.7 Å². The smallest absolute Gasteiger partial charge is 0.231 e. The van der Waals surface area contributed by atoms with Crippen LogP contribution in [-0.4, -0.2) is 33.1 Å². The van der Waals surface area contributed by atoms with Gasteiger partial charge in [0.25, 0.3) is 0 Å². The van der Waals surface area contributed by atoms with E-state index in [0.29, 0.717) is 5.82 Å². The van der Waals surface area contributed by atoms with Crippen LogP contribution in [-0.2, 0) is 6.54 Å². The molecule has 0 spiro atoms. The molecule has 1 saturated heterocycles. The van der Waals surface area contributed by atoms with E-state index in [1.807, 2.05) is 30.5 Å². The lowest BCUT2D eigenvalue weighted by Crippen LogP contribution is -2.20. The van der Waals surface area contributed by atoms with Gasteiger partial charge in [0.15, 0.2) is 0 Å². The van der Waals surface area contributed by atoms with E-state index in [4.69, 9.17) is 9.51 Å². The topological polar surface area (TPSA) is 55.1 Å². The maximum absolute atomic E-state index is 5.63. The van der Waals surface area contributed by atoms with Crippen LogP contribution < -0.4 is 0 Å². The van der Waals surface area contributed by atoms with Crippen molar-refractivity contribution in [1.29, 1.82) is 0 Å². The quantitative estimate of drug-likeness (QED) is 0.526. The molecule has 1 fully saturated rings. The highest BCUT2D eigenvalue weighted by atomic mass is 16.5. The van der Waals surface area contributed by atoms with Crippen LogP contribution in [0, 0.1) is 6.92 Å². The Labute approximate surface area is 164 Å². The Morgan fingerprint density at radius 2 is 1.96 bits per heavy atom. The number of likely N-dealkylation sites (tertiary alicyclic amines) is 1. The molecule has 2 aromatic carbocycles. The molecule has 4 aromatic rings. The van der Waals surface area contributed by atoms with Gasteiger partial charge in [-0.25, -0.2) is 0 Å². The van der Waals surface area contributed by atoms with Gasteiger partial charge in [-0.3, -0.25) is 9.88 Å². The highest BCUT2D eigenvalue weighted by Crippen LogP contribution is 2.30. The van der Waals surface area contributed by atoms with Gasteiger partial charge in [0, 0.05) is 30.2 Å². The zero-order valence-corrected chi connectivity index (χ0v) is 15.9. The second-order valence-corrected chi connectivity index (χ2v) is 7.48. The Bertz CT molecular complexity index is 1120. The van der Waals surface area contributed by atoms with Crippen LogP contribution in [0.1, 0.15) is 29.4 Å². The Balaban J connectivity index is 1.32. The van der Waals surface area contributed by atoms with Gasteiger partial charge in [-0.1, -0.05) is 53.7 Å². The molecular formula is C23H22N4O. The third-order valence-electron chi connectivity index (χ3n) is 5.56. The lowest BCUT2D eigenvalue weighted by Gasteiger charge is -2.16. The first kappa shape index (κ1) is 17.1. The fourth-order valence-corrected chi connectivity index (χ4v) is 4.05. The summed E-state index contributed by atoms with van der Waals surface area (Å²) in [6, 6.07) is 18.6. The van der Waals surface area contributed by atoms with E-state index < -0.39 is 0 Å². The lowest BCUT2D eigenvalue weighted by molar-refractivity contribution is 0.310. The van der Waals surface area contributed by atoms with Crippen molar-refractivity contribution in [1.82, 2.24) is 20.0 Å². The molecule has 140 valence electrons. The highest BCUT2D eigenvalue weighted by molar-refractivity contribution is 5.81. The summed E-state index contributed by atoms with van der Waals surface area (Å²) in [5.41, 5.74) is 4.55. The van der Waals surface area contributed by atoms with E-state index in [0.717, 1.165) is 48.6 Å². The molecule has 1 atom stereocenters. The van der Waals surface area contributed by atoms with Crippen molar-refractivity contribution in [3.05, 3.63) is 77.8 Å². The summed E-state index contributed by atoms with van der Waals surface area (Å²) in [4.78, 5) is 11.7. The average Bonchev–Trinajstić information content (AvgIpc) is 3.38. The van der Waals surface area contributed by atoms with Crippen molar-refractivity contribution in [2.45, 2.75) is 25.8 Å². The van der Waals surface area contributed by atoms with Gasteiger partial charge >= 0.3 is 0 Å². The zero-order chi connectivity index (χ0) is 18.9. The third kappa shape index (κ3) is 3.18. The molecule has 0 saturated carbocycles. The largest absolute Gasteiger partial charge is 0.339 e. The number of hydrogen-bond donors (Lipinski definition) is 0. The molecule has 0 aliphatic carbocycles. The van der Waals surface area contributed by atoms with Crippen LogP contribution in [0.4, 0.5) is 0 Å². The standard InChI is InChI=1S/C23H22N4O/c1-16-6-2-3-10-20(16)22-25-23(28-26-22)19-11-13-27(15-19)14-18-8-4-7-17-9-5-12-24-21(17)18/h2-10,12,19H,11,13-15H2,1H3/t19-/m0/s1. The fourth-order valence-electron chi connectivity index (χ4n) is 4.05. The molecule has 5 heteroatoms. The predicted molar refractivity (Wildman–Crippen MR) is 109 cm³/mol. The summed E-state index contributed by atoms with van der Waals surface area (Å²) in [6.45, 7) is 4.92. The second kappa shape index (κ2) is 7.17. The minimum Gasteiger partial charge on any atom is -0.339 e. The molecule has 0 amide bonds. The van der Waals surface area contributed by atoms with Crippen LogP contribution in [0.5, 0.6) is 0 Å². The third-order valence-corrected chi connectivity index (χ3v) is 5.56. The Morgan fingerprint density at radius 1 is 1.07 bits per heavy atom. The highest BCUT2D eigenvalue weighted by Gasteiger charge is 2.29. The van der Waals surface area contributed by atoms with Gasteiger partial charge in [-0.15, -0.1) is 0 Å². The molecule has 5 nitrogen and oxygen atoms in total. The minimum absolute atomic E-state index is 0.285. The molecule has 5 rings (SSSR count). The van der Waals surface area contributed by atoms with Gasteiger partial charge in [-0.2, -0.15) is 4.98 Å². The summed E-state index contributed by atoms with van der Waals surface area (Å²) < 4.78 is 5.63. The summed E-state index contributed by atoms with van der Waals surface area (Å²) >= 11 is 0. The second-order valence-electron chi connectivity index (χ2n) is 7.48. The molecule has 0 bridgehead atoms. The van der Waals surface area contributed by atoms with Crippen molar-refractivity contribution in [3.8, 4) is 11.4 Å². The van der Waals surface area contributed by atoms with Gasteiger partial charge < -0.3 is 4.52 Å². The molecule has 1 aliphatic rings. The summed E-state index contributed by atoms with van der Waals surface area (Å²) in [6.07, 6.45) is 2.90. The SMILES string of the molecule is Cc1ccccc1-c1noc([C@H]2CCN(Cc3cccc4cccnc34)C2)n1. The maximum atomic E-state index is 5.63. The molecule has 3 heterocycles. The first-order valence-corrected chi connectivity index (χ1v) is 9.72. The number of nitrogens with zero attached hydrogens (tertiary/aromatic N) is 4. The number of para-hydroxylation sites is 1. The van der Waals surface area contributed by atoms with E-state index in [1.54, 1.807) is 0 Å². The first-order chi connectivity index (χ1) is 13.8. The fraction of sp³-hybridized carbons (Fsp3) is 0.261. The summed E-state index contributed by atoms with van der Waals surface area (Å²) in [5.74, 6) is 1.72. The Kier molecular flexibility index (Phi) is 4.37. The maximum Gasteiger partial charge on any atom is 0.231 e. The molecule has 0 unspecified atom stereocenters. The van der Waals surface area contributed by atoms with Crippen LogP contribution in [0.2, 0.25) is 0 Å². The number of pyridine rings is 1. The number of aromatic nitrogens is 3. The van der Waals surface area contributed by atoms with E-state index in [-0.39, 0.29) is 5.92 Å². The van der Waals surface area contributed by atoms with Crippen molar-refractivity contribution < 1.29 is 4.52 Å². The molecule has 2 aromatic heterocycles. The lowest BCUT2D eigenvalue weighted by atomic mass is 10.1. The van der Waals surface area contributed by atoms with E-state index >= 15 is 0 Å². The van der Waals surface area contributed by atoms with Crippen LogP contribution in [0.15, 0.2) is 65.3 Å². The molecular weight excluding hydrogens is 348 g/mol. The van der Waals surface area contributed by atoms with E-state index in [1.165, 1.54) is 10.9 Å². The zero-order valence-electron chi connectivity index (χ0n) is 15.9. The number of aryl methyl sites for hydroxylation is 1. The first-order valence-electron chi connectivity index (χ1n) is 9.72. The number of hydrogen-bond acceptors (Lipinski definition) is 5. The van der Waals surface area contributed by atoms with E-state index in [9.17, 15) is 0 Å². The summed E-state index contributed by atoms with van der Waals surface area (Å²) in [7, 11) is 0. The number of rotatable bonds is 4. The van der Waals surface area contributed by atoms with Crippen molar-refractivity contribution in [3.63, 3.8) is 0 Å². The monoisotopic (exact) mass is 370 g/mol. The Morgan fingerprint density at radius 3 is 2.89 bits per heavy atom. The van der Waals surface area contributed by atoms with Gasteiger partial charge in [-0.05, 0) is 37.1 Å². The van der Waals surface area contributed by atoms with Crippen molar-refractivity contribution in [2.24, 2.45) is 0 Å². The normalized spacial score (nSPS) is 17.4. The number of fused-ring (bicyclic) bond motifs is 1. The van der Waals surface area contributed by atoms with Gasteiger partial charge in [0.05, 0.1) is 11.4 Å².